The van der Waals surface area contributed by atoms with E-state index < -0.39 is 0 Å². The zero-order valence-corrected chi connectivity index (χ0v) is 14.7. The third-order valence-electron chi connectivity index (χ3n) is 4.99. The van der Waals surface area contributed by atoms with Crippen molar-refractivity contribution in [3.05, 3.63) is 71.6 Å². The van der Waals surface area contributed by atoms with Crippen molar-refractivity contribution < 1.29 is 0 Å². The van der Waals surface area contributed by atoms with Crippen LogP contribution < -0.4 is 5.32 Å². The summed E-state index contributed by atoms with van der Waals surface area (Å²) >= 11 is 0. The molecule has 2 N–H and O–H groups in total. The predicted molar refractivity (Wildman–Crippen MR) is 99.5 cm³/mol. The topological polar surface area (TPSA) is 65.0 Å². The first kappa shape index (κ1) is 15.2. The van der Waals surface area contributed by atoms with Gasteiger partial charge in [0.05, 0.1) is 12.7 Å². The van der Waals surface area contributed by atoms with Crippen LogP contribution in [0.5, 0.6) is 0 Å². The summed E-state index contributed by atoms with van der Waals surface area (Å²) in [5.74, 6) is 2.77. The number of benzene rings is 1. The highest BCUT2D eigenvalue weighted by Crippen LogP contribution is 2.26. The predicted octanol–water partition coefficient (Wildman–Crippen LogP) is 2.57. The van der Waals surface area contributed by atoms with Gasteiger partial charge in [0.15, 0.2) is 5.82 Å². The Hall–Kier alpha value is -3.06. The molecule has 2 aliphatic rings. The summed E-state index contributed by atoms with van der Waals surface area (Å²) in [5, 5.41) is 15.3. The molecule has 2 aromatic heterocycles. The van der Waals surface area contributed by atoms with E-state index in [-0.39, 0.29) is 0 Å². The number of hydrazine groups is 1. The number of nitrogens with zero attached hydrogens (tertiary/aromatic N) is 5. The lowest BCUT2D eigenvalue weighted by molar-refractivity contribution is -0.00430. The van der Waals surface area contributed by atoms with Crippen molar-refractivity contribution in [3.8, 4) is 0 Å². The van der Waals surface area contributed by atoms with Crippen LogP contribution in [0.4, 0.5) is 5.82 Å². The van der Waals surface area contributed by atoms with Crippen molar-refractivity contribution in [2.45, 2.75) is 26.4 Å². The molecule has 132 valence electrons. The molecule has 0 fully saturated rings. The van der Waals surface area contributed by atoms with Gasteiger partial charge in [0.2, 0.25) is 0 Å². The molecular weight excluding hydrogens is 326 g/mol. The SMILES string of the molecule is Cc1cc(NC2=CN(N3CCc4ccccc4C3)Cc3nccn32)n[nH]1. The van der Waals surface area contributed by atoms with Gasteiger partial charge in [-0.15, -0.1) is 0 Å². The fourth-order valence-corrected chi connectivity index (χ4v) is 3.65. The van der Waals surface area contributed by atoms with Gasteiger partial charge in [-0.1, -0.05) is 24.3 Å². The molecular formula is C19H21N7. The van der Waals surface area contributed by atoms with Gasteiger partial charge in [-0.25, -0.2) is 9.99 Å². The van der Waals surface area contributed by atoms with Crippen LogP contribution in [0.15, 0.2) is 48.9 Å². The van der Waals surface area contributed by atoms with Crippen molar-refractivity contribution in [1.82, 2.24) is 29.8 Å². The van der Waals surface area contributed by atoms with Crippen LogP contribution in [0.25, 0.3) is 5.82 Å². The second kappa shape index (κ2) is 6.03. The van der Waals surface area contributed by atoms with Gasteiger partial charge in [-0.3, -0.25) is 9.67 Å². The molecule has 0 amide bonds. The lowest BCUT2D eigenvalue weighted by atomic mass is 10.0. The second-order valence-electron chi connectivity index (χ2n) is 6.79. The molecule has 0 aliphatic carbocycles. The quantitative estimate of drug-likeness (QED) is 0.762. The van der Waals surface area contributed by atoms with Crippen LogP contribution in [-0.2, 0) is 19.5 Å². The lowest BCUT2D eigenvalue weighted by Gasteiger charge is -2.39. The average Bonchev–Trinajstić information content (AvgIpc) is 3.30. The van der Waals surface area contributed by atoms with E-state index in [4.69, 9.17) is 0 Å². The molecule has 0 saturated heterocycles. The molecule has 0 atom stereocenters. The van der Waals surface area contributed by atoms with Crippen LogP contribution in [0, 0.1) is 6.92 Å². The first-order chi connectivity index (χ1) is 12.8. The third kappa shape index (κ3) is 2.66. The van der Waals surface area contributed by atoms with Crippen LogP contribution in [0.2, 0.25) is 0 Å². The number of aromatic amines is 1. The molecule has 5 rings (SSSR count). The van der Waals surface area contributed by atoms with Gasteiger partial charge in [-0.05, 0) is 24.5 Å². The Bertz CT molecular complexity index is 968. The highest BCUT2D eigenvalue weighted by Gasteiger charge is 2.25. The summed E-state index contributed by atoms with van der Waals surface area (Å²) in [7, 11) is 0. The first-order valence-electron chi connectivity index (χ1n) is 8.88. The molecule has 26 heavy (non-hydrogen) atoms. The average molecular weight is 347 g/mol. The van der Waals surface area contributed by atoms with Crippen molar-refractivity contribution in [2.24, 2.45) is 0 Å². The molecule has 4 heterocycles. The minimum atomic E-state index is 0.764. The normalized spacial score (nSPS) is 16.8. The van der Waals surface area contributed by atoms with Gasteiger partial charge in [-0.2, -0.15) is 5.10 Å². The van der Waals surface area contributed by atoms with Crippen molar-refractivity contribution in [1.29, 1.82) is 0 Å². The van der Waals surface area contributed by atoms with Crippen molar-refractivity contribution in [3.63, 3.8) is 0 Å². The molecule has 3 aromatic rings. The molecule has 0 unspecified atom stereocenters. The number of imidazole rings is 1. The summed E-state index contributed by atoms with van der Waals surface area (Å²) in [6.45, 7) is 4.68. The number of anilines is 1. The zero-order chi connectivity index (χ0) is 17.5. The van der Waals surface area contributed by atoms with Gasteiger partial charge >= 0.3 is 0 Å². The Labute approximate surface area is 151 Å². The van der Waals surface area contributed by atoms with E-state index in [0.29, 0.717) is 0 Å². The molecule has 7 heteroatoms. The molecule has 0 spiro atoms. The Morgan fingerprint density at radius 1 is 1.15 bits per heavy atom. The van der Waals surface area contributed by atoms with Gasteiger partial charge in [0.25, 0.3) is 0 Å². The van der Waals surface area contributed by atoms with E-state index in [1.165, 1.54) is 11.1 Å². The zero-order valence-electron chi connectivity index (χ0n) is 14.7. The fourth-order valence-electron chi connectivity index (χ4n) is 3.65. The lowest BCUT2D eigenvalue weighted by Crippen LogP contribution is -2.44. The summed E-state index contributed by atoms with van der Waals surface area (Å²) in [6, 6.07) is 10.7. The standard InChI is InChI=1S/C19H21N7/c1-14-10-17(23-22-14)21-19-13-25(12-18-20-7-9-26(18)19)24-8-6-15-4-2-3-5-16(15)11-24/h2-5,7,9-10,13H,6,8,11-12H2,1H3,(H2,21,22,23). The van der Waals surface area contributed by atoms with Crippen molar-refractivity contribution >= 4 is 11.6 Å². The minimum Gasteiger partial charge on any atom is -0.323 e. The number of hydrogen-bond acceptors (Lipinski definition) is 5. The highest BCUT2D eigenvalue weighted by atomic mass is 15.6. The Morgan fingerprint density at radius 3 is 2.88 bits per heavy atom. The number of nitrogens with one attached hydrogen (secondary N) is 2. The second-order valence-corrected chi connectivity index (χ2v) is 6.79. The fraction of sp³-hybridized carbons (Fsp3) is 0.263. The van der Waals surface area contributed by atoms with Crippen molar-refractivity contribution in [2.75, 3.05) is 11.9 Å². The van der Waals surface area contributed by atoms with Crippen LogP contribution >= 0.6 is 0 Å². The van der Waals surface area contributed by atoms with E-state index in [9.17, 15) is 0 Å². The maximum absolute atomic E-state index is 4.53. The smallest absolute Gasteiger partial charge is 0.153 e. The number of rotatable bonds is 3. The summed E-state index contributed by atoms with van der Waals surface area (Å²) < 4.78 is 2.08. The summed E-state index contributed by atoms with van der Waals surface area (Å²) in [6.07, 6.45) is 7.04. The van der Waals surface area contributed by atoms with E-state index in [1.54, 1.807) is 0 Å². The highest BCUT2D eigenvalue weighted by molar-refractivity contribution is 5.63. The maximum atomic E-state index is 4.53. The third-order valence-corrected chi connectivity index (χ3v) is 4.99. The molecule has 2 aliphatic heterocycles. The van der Waals surface area contributed by atoms with Crippen LogP contribution in [0.3, 0.4) is 0 Å². The monoisotopic (exact) mass is 347 g/mol. The minimum absolute atomic E-state index is 0.764. The number of aromatic nitrogens is 4. The van der Waals surface area contributed by atoms with Crippen LogP contribution in [-0.4, -0.2) is 36.3 Å². The van der Waals surface area contributed by atoms with Gasteiger partial charge in [0.1, 0.15) is 11.6 Å². The molecule has 0 radical (unpaired) electrons. The largest absolute Gasteiger partial charge is 0.323 e. The number of H-pyrrole nitrogens is 1. The summed E-state index contributed by atoms with van der Waals surface area (Å²) in [4.78, 5) is 4.53. The van der Waals surface area contributed by atoms with E-state index in [1.807, 2.05) is 25.4 Å². The Morgan fingerprint density at radius 2 is 2.04 bits per heavy atom. The van der Waals surface area contributed by atoms with E-state index in [0.717, 1.165) is 49.2 Å². The number of fused-ring (bicyclic) bond motifs is 2. The molecule has 1 aromatic carbocycles. The Balaban J connectivity index is 1.44. The molecule has 0 bridgehead atoms. The number of hydrogen-bond donors (Lipinski definition) is 2. The number of aryl methyl sites for hydroxylation is 1. The van der Waals surface area contributed by atoms with Gasteiger partial charge < -0.3 is 10.3 Å². The summed E-state index contributed by atoms with van der Waals surface area (Å²) in [5.41, 5.74) is 3.88. The first-order valence-corrected chi connectivity index (χ1v) is 8.88. The Kier molecular flexibility index (Phi) is 3.53. The maximum Gasteiger partial charge on any atom is 0.153 e. The van der Waals surface area contributed by atoms with Crippen LogP contribution in [0.1, 0.15) is 22.6 Å². The van der Waals surface area contributed by atoms with Gasteiger partial charge in [0, 0.05) is 37.2 Å². The molecule has 0 saturated carbocycles. The van der Waals surface area contributed by atoms with E-state index >= 15 is 0 Å². The van der Waals surface area contributed by atoms with E-state index in [2.05, 4.69) is 65.5 Å². The molecule has 7 nitrogen and oxygen atoms in total.